The molecule has 132 valence electrons. The standard InChI is InChI=1S/C19H16N2O4S/c20-17-15(11-12-16-18(17)25-26(22,23)24-16)19(21,13-7-3-1-4-8-13)14-9-5-2-6-10-14/h1-12H,20-21H2. The lowest BCUT2D eigenvalue weighted by Gasteiger charge is -2.32. The fourth-order valence-electron chi connectivity index (χ4n) is 3.18. The Hall–Kier alpha value is -3.03. The van der Waals surface area contributed by atoms with Crippen LogP contribution in [0, 0.1) is 0 Å². The van der Waals surface area contributed by atoms with Crippen LogP contribution in [0.25, 0.3) is 0 Å². The van der Waals surface area contributed by atoms with E-state index >= 15 is 0 Å². The maximum atomic E-state index is 11.6. The van der Waals surface area contributed by atoms with Gasteiger partial charge in [0.25, 0.3) is 0 Å². The molecule has 0 aliphatic carbocycles. The zero-order valence-corrected chi connectivity index (χ0v) is 14.4. The van der Waals surface area contributed by atoms with Crippen LogP contribution < -0.4 is 19.8 Å². The highest BCUT2D eigenvalue weighted by Crippen LogP contribution is 2.47. The highest BCUT2D eigenvalue weighted by Gasteiger charge is 2.38. The predicted molar refractivity (Wildman–Crippen MR) is 98.0 cm³/mol. The molecule has 4 rings (SSSR count). The minimum atomic E-state index is -4.14. The van der Waals surface area contributed by atoms with Crippen molar-refractivity contribution in [2.45, 2.75) is 5.54 Å². The summed E-state index contributed by atoms with van der Waals surface area (Å²) in [4.78, 5) is 0. The van der Waals surface area contributed by atoms with Crippen molar-refractivity contribution < 1.29 is 16.8 Å². The number of rotatable bonds is 3. The number of benzene rings is 3. The van der Waals surface area contributed by atoms with E-state index in [1.807, 2.05) is 60.7 Å². The third kappa shape index (κ3) is 2.49. The zero-order chi connectivity index (χ0) is 18.4. The summed E-state index contributed by atoms with van der Waals surface area (Å²) in [6, 6.07) is 22.1. The molecule has 0 bridgehead atoms. The van der Waals surface area contributed by atoms with Gasteiger partial charge in [0.1, 0.15) is 0 Å². The normalized spacial score (nSPS) is 15.0. The minimum absolute atomic E-state index is 0.0378. The summed E-state index contributed by atoms with van der Waals surface area (Å²) in [7, 11) is -4.14. The SMILES string of the molecule is Nc1c(C(N)(c2ccccc2)c2ccccc2)ccc2c1OS(=O)(=O)O2. The molecule has 1 aliphatic rings. The Bertz CT molecular complexity index is 1030. The summed E-state index contributed by atoms with van der Waals surface area (Å²) >= 11 is 0. The van der Waals surface area contributed by atoms with Gasteiger partial charge in [0.05, 0.1) is 11.2 Å². The van der Waals surface area contributed by atoms with Crippen LogP contribution in [-0.2, 0) is 15.9 Å². The summed E-state index contributed by atoms with van der Waals surface area (Å²) in [5.41, 5.74) is 14.3. The molecule has 4 N–H and O–H groups in total. The summed E-state index contributed by atoms with van der Waals surface area (Å²) in [6.07, 6.45) is 0. The van der Waals surface area contributed by atoms with Crippen molar-refractivity contribution in [3.05, 3.63) is 89.5 Å². The van der Waals surface area contributed by atoms with E-state index in [9.17, 15) is 8.42 Å². The quantitative estimate of drug-likeness (QED) is 0.544. The van der Waals surface area contributed by atoms with E-state index in [1.165, 1.54) is 6.07 Å². The van der Waals surface area contributed by atoms with Crippen LogP contribution in [0.1, 0.15) is 16.7 Å². The molecule has 3 aromatic rings. The number of nitrogen functional groups attached to an aromatic ring is 1. The molecule has 6 nitrogen and oxygen atoms in total. The highest BCUT2D eigenvalue weighted by molar-refractivity contribution is 7.82. The van der Waals surface area contributed by atoms with Gasteiger partial charge in [-0.2, -0.15) is 0 Å². The van der Waals surface area contributed by atoms with Crippen molar-refractivity contribution in [1.29, 1.82) is 0 Å². The first kappa shape index (κ1) is 16.4. The number of fused-ring (bicyclic) bond motifs is 1. The largest absolute Gasteiger partial charge is 0.501 e. The minimum Gasteiger partial charge on any atom is -0.395 e. The molecule has 7 heteroatoms. The van der Waals surface area contributed by atoms with Crippen molar-refractivity contribution in [2.75, 3.05) is 5.73 Å². The van der Waals surface area contributed by atoms with Crippen molar-refractivity contribution >= 4 is 16.1 Å². The molecule has 0 saturated carbocycles. The fourth-order valence-corrected chi connectivity index (χ4v) is 3.94. The van der Waals surface area contributed by atoms with E-state index in [2.05, 4.69) is 0 Å². The van der Waals surface area contributed by atoms with Gasteiger partial charge in [0.2, 0.25) is 5.75 Å². The second kappa shape index (κ2) is 5.76. The van der Waals surface area contributed by atoms with Crippen LogP contribution in [0.4, 0.5) is 5.69 Å². The molecule has 0 saturated heterocycles. The van der Waals surface area contributed by atoms with E-state index < -0.39 is 15.9 Å². The van der Waals surface area contributed by atoms with Gasteiger partial charge in [-0.25, -0.2) is 0 Å². The van der Waals surface area contributed by atoms with E-state index in [4.69, 9.17) is 19.8 Å². The fraction of sp³-hybridized carbons (Fsp3) is 0.0526. The third-order valence-electron chi connectivity index (χ3n) is 4.42. The lowest BCUT2D eigenvalue weighted by molar-refractivity contribution is 0.436. The Balaban J connectivity index is 1.98. The van der Waals surface area contributed by atoms with Gasteiger partial charge < -0.3 is 19.8 Å². The first-order valence-electron chi connectivity index (χ1n) is 7.88. The maximum absolute atomic E-state index is 11.6. The molecule has 0 amide bonds. The predicted octanol–water partition coefficient (Wildman–Crippen LogP) is 2.54. The first-order valence-corrected chi connectivity index (χ1v) is 9.22. The van der Waals surface area contributed by atoms with Crippen molar-refractivity contribution in [3.8, 4) is 11.5 Å². The molecule has 0 spiro atoms. The molecule has 0 radical (unpaired) electrons. The van der Waals surface area contributed by atoms with E-state index in [0.29, 0.717) is 5.56 Å². The molecule has 0 atom stereocenters. The number of hydrogen-bond donors (Lipinski definition) is 2. The Morgan fingerprint density at radius 3 is 1.85 bits per heavy atom. The lowest BCUT2D eigenvalue weighted by atomic mass is 9.77. The second-order valence-corrected chi connectivity index (χ2v) is 7.12. The number of hydrogen-bond acceptors (Lipinski definition) is 6. The third-order valence-corrected chi connectivity index (χ3v) is 5.17. The van der Waals surface area contributed by atoms with Crippen LogP contribution in [0.3, 0.4) is 0 Å². The highest BCUT2D eigenvalue weighted by atomic mass is 32.3. The van der Waals surface area contributed by atoms with Crippen LogP contribution in [0.2, 0.25) is 0 Å². The summed E-state index contributed by atoms with van der Waals surface area (Å²) in [5, 5.41) is 0. The van der Waals surface area contributed by atoms with Crippen molar-refractivity contribution in [3.63, 3.8) is 0 Å². The summed E-state index contributed by atoms with van der Waals surface area (Å²) < 4.78 is 32.9. The van der Waals surface area contributed by atoms with Gasteiger partial charge in [0, 0.05) is 5.56 Å². The molecule has 0 aromatic heterocycles. The van der Waals surface area contributed by atoms with Crippen molar-refractivity contribution in [2.24, 2.45) is 5.73 Å². The lowest BCUT2D eigenvalue weighted by Crippen LogP contribution is -2.39. The van der Waals surface area contributed by atoms with Crippen LogP contribution in [-0.4, -0.2) is 8.42 Å². The monoisotopic (exact) mass is 368 g/mol. The Labute approximate surface area is 151 Å². The molecular weight excluding hydrogens is 352 g/mol. The first-order chi connectivity index (χ1) is 12.4. The van der Waals surface area contributed by atoms with E-state index in [0.717, 1.165) is 11.1 Å². The molecule has 0 unspecified atom stereocenters. The van der Waals surface area contributed by atoms with Crippen LogP contribution in [0.5, 0.6) is 11.5 Å². The van der Waals surface area contributed by atoms with E-state index in [1.54, 1.807) is 6.07 Å². The average Bonchev–Trinajstić information content (AvgIpc) is 2.98. The molecule has 1 heterocycles. The van der Waals surface area contributed by atoms with Gasteiger partial charge in [-0.15, -0.1) is 8.42 Å². The molecule has 0 fully saturated rings. The molecule has 1 aliphatic heterocycles. The molecule has 26 heavy (non-hydrogen) atoms. The van der Waals surface area contributed by atoms with Crippen molar-refractivity contribution in [1.82, 2.24) is 0 Å². The Kier molecular flexibility index (Phi) is 3.64. The van der Waals surface area contributed by atoms with Gasteiger partial charge in [-0.1, -0.05) is 66.7 Å². The second-order valence-electron chi connectivity index (χ2n) is 5.97. The average molecular weight is 368 g/mol. The summed E-state index contributed by atoms with van der Waals surface area (Å²) in [6.45, 7) is 0. The van der Waals surface area contributed by atoms with Gasteiger partial charge in [-0.3, -0.25) is 0 Å². The zero-order valence-electron chi connectivity index (χ0n) is 13.6. The summed E-state index contributed by atoms with van der Waals surface area (Å²) in [5.74, 6) is 0.0129. The van der Waals surface area contributed by atoms with Crippen LogP contribution >= 0.6 is 0 Å². The maximum Gasteiger partial charge on any atom is 0.501 e. The number of nitrogens with two attached hydrogens (primary N) is 2. The van der Waals surface area contributed by atoms with Gasteiger partial charge in [-0.05, 0) is 17.2 Å². The molecule has 3 aromatic carbocycles. The Morgan fingerprint density at radius 2 is 1.31 bits per heavy atom. The smallest absolute Gasteiger partial charge is 0.395 e. The van der Waals surface area contributed by atoms with Gasteiger partial charge in [0.15, 0.2) is 5.75 Å². The van der Waals surface area contributed by atoms with Crippen LogP contribution in [0.15, 0.2) is 72.8 Å². The Morgan fingerprint density at radius 1 is 0.769 bits per heavy atom. The number of anilines is 1. The van der Waals surface area contributed by atoms with E-state index in [-0.39, 0.29) is 17.2 Å². The van der Waals surface area contributed by atoms with Gasteiger partial charge >= 0.3 is 10.4 Å². The molecular formula is C19H16N2O4S. The topological polar surface area (TPSA) is 105 Å².